The van der Waals surface area contributed by atoms with Gasteiger partial charge in [0, 0.05) is 26.2 Å². The second-order valence-electron chi connectivity index (χ2n) is 6.42. The van der Waals surface area contributed by atoms with Gasteiger partial charge in [-0.2, -0.15) is 0 Å². The van der Waals surface area contributed by atoms with Gasteiger partial charge in [0.25, 0.3) is 0 Å². The molecular weight excluding hydrogens is 252 g/mol. The lowest BCUT2D eigenvalue weighted by atomic mass is 10.0. The van der Waals surface area contributed by atoms with Gasteiger partial charge in [-0.05, 0) is 59.4 Å². The van der Waals surface area contributed by atoms with Crippen LogP contribution in [0.15, 0.2) is 0 Å². The van der Waals surface area contributed by atoms with Crippen LogP contribution in [0, 0.1) is 0 Å². The first-order valence-corrected chi connectivity index (χ1v) is 7.95. The van der Waals surface area contributed by atoms with Crippen LogP contribution in [0.1, 0.15) is 25.7 Å². The summed E-state index contributed by atoms with van der Waals surface area (Å²) in [4.78, 5) is 18.9. The fourth-order valence-electron chi connectivity index (χ4n) is 3.20. The molecule has 1 amide bonds. The van der Waals surface area contributed by atoms with E-state index in [-0.39, 0.29) is 11.9 Å². The predicted molar refractivity (Wildman–Crippen MR) is 81.8 cm³/mol. The van der Waals surface area contributed by atoms with E-state index in [1.54, 1.807) is 0 Å². The molecule has 0 spiro atoms. The van der Waals surface area contributed by atoms with E-state index in [4.69, 9.17) is 0 Å². The SMILES string of the molecule is CN1CCC(N(C)CCN(C)C(=O)[C@@H]2CCCN2)CC1. The Hall–Kier alpha value is -0.650. The predicted octanol–water partition coefficient (Wildman–Crippen LogP) is 0.223. The van der Waals surface area contributed by atoms with Crippen LogP contribution >= 0.6 is 0 Å². The van der Waals surface area contributed by atoms with Crippen molar-refractivity contribution in [1.29, 1.82) is 0 Å². The van der Waals surface area contributed by atoms with Crippen molar-refractivity contribution >= 4 is 5.91 Å². The maximum Gasteiger partial charge on any atom is 0.239 e. The summed E-state index contributed by atoms with van der Waals surface area (Å²) in [7, 11) is 6.32. The molecule has 1 atom stereocenters. The largest absolute Gasteiger partial charge is 0.343 e. The third kappa shape index (κ3) is 4.17. The molecule has 20 heavy (non-hydrogen) atoms. The molecule has 0 aromatic rings. The van der Waals surface area contributed by atoms with Crippen molar-refractivity contribution in [1.82, 2.24) is 20.0 Å². The van der Waals surface area contributed by atoms with E-state index < -0.39 is 0 Å². The van der Waals surface area contributed by atoms with Crippen LogP contribution in [-0.2, 0) is 4.79 Å². The average Bonchev–Trinajstić information content (AvgIpc) is 2.98. The molecule has 5 heteroatoms. The Balaban J connectivity index is 1.69. The van der Waals surface area contributed by atoms with Gasteiger partial charge in [-0.15, -0.1) is 0 Å². The number of carbonyl (C=O) groups excluding carboxylic acids is 1. The van der Waals surface area contributed by atoms with Crippen molar-refractivity contribution in [2.75, 3.05) is 53.9 Å². The maximum absolute atomic E-state index is 12.2. The van der Waals surface area contributed by atoms with Crippen molar-refractivity contribution in [2.45, 2.75) is 37.8 Å². The maximum atomic E-state index is 12.2. The Morgan fingerprint density at radius 3 is 2.50 bits per heavy atom. The third-order valence-corrected chi connectivity index (χ3v) is 4.83. The average molecular weight is 282 g/mol. The van der Waals surface area contributed by atoms with Gasteiger partial charge in [0.1, 0.15) is 0 Å². The quantitative estimate of drug-likeness (QED) is 0.783. The normalized spacial score (nSPS) is 25.3. The number of nitrogens with one attached hydrogen (secondary N) is 1. The van der Waals surface area contributed by atoms with E-state index in [0.29, 0.717) is 6.04 Å². The first-order valence-electron chi connectivity index (χ1n) is 7.95. The van der Waals surface area contributed by atoms with Gasteiger partial charge in [0.15, 0.2) is 0 Å². The van der Waals surface area contributed by atoms with Gasteiger partial charge in [0.2, 0.25) is 5.91 Å². The van der Waals surface area contributed by atoms with E-state index in [1.807, 2.05) is 11.9 Å². The molecule has 2 saturated heterocycles. The fraction of sp³-hybridized carbons (Fsp3) is 0.933. The molecule has 0 unspecified atom stereocenters. The number of likely N-dealkylation sites (N-methyl/N-ethyl adjacent to an activating group) is 2. The lowest BCUT2D eigenvalue weighted by Gasteiger charge is -2.36. The summed E-state index contributed by atoms with van der Waals surface area (Å²) in [6.07, 6.45) is 4.61. The number of hydrogen-bond donors (Lipinski definition) is 1. The van der Waals surface area contributed by atoms with Gasteiger partial charge < -0.3 is 20.0 Å². The van der Waals surface area contributed by atoms with Crippen LogP contribution in [0.25, 0.3) is 0 Å². The topological polar surface area (TPSA) is 38.8 Å². The zero-order chi connectivity index (χ0) is 14.5. The van der Waals surface area contributed by atoms with Gasteiger partial charge in [-0.25, -0.2) is 0 Å². The number of hydrogen-bond acceptors (Lipinski definition) is 4. The van der Waals surface area contributed by atoms with Gasteiger partial charge in [-0.3, -0.25) is 4.79 Å². The highest BCUT2D eigenvalue weighted by Crippen LogP contribution is 2.14. The smallest absolute Gasteiger partial charge is 0.239 e. The molecule has 2 rings (SSSR count). The molecule has 0 bridgehead atoms. The molecule has 2 aliphatic rings. The summed E-state index contributed by atoms with van der Waals surface area (Å²) in [6, 6.07) is 0.743. The molecule has 0 saturated carbocycles. The summed E-state index contributed by atoms with van der Waals surface area (Å²) in [6.45, 7) is 5.18. The second-order valence-corrected chi connectivity index (χ2v) is 6.42. The van der Waals surface area contributed by atoms with Crippen molar-refractivity contribution in [2.24, 2.45) is 0 Å². The Kier molecular flexibility index (Phi) is 5.81. The van der Waals surface area contributed by atoms with Gasteiger partial charge in [0.05, 0.1) is 6.04 Å². The van der Waals surface area contributed by atoms with Crippen molar-refractivity contribution in [3.8, 4) is 0 Å². The minimum Gasteiger partial charge on any atom is -0.343 e. The monoisotopic (exact) mass is 282 g/mol. The summed E-state index contributed by atoms with van der Waals surface area (Å²) >= 11 is 0. The summed E-state index contributed by atoms with van der Waals surface area (Å²) < 4.78 is 0. The van der Waals surface area contributed by atoms with Crippen LogP contribution in [0.4, 0.5) is 0 Å². The molecule has 2 heterocycles. The molecule has 0 aromatic heterocycles. The van der Waals surface area contributed by atoms with Gasteiger partial charge >= 0.3 is 0 Å². The first-order chi connectivity index (χ1) is 9.58. The highest BCUT2D eigenvalue weighted by atomic mass is 16.2. The van der Waals surface area contributed by atoms with E-state index in [2.05, 4.69) is 29.2 Å². The number of rotatable bonds is 5. The summed E-state index contributed by atoms with van der Waals surface area (Å²) in [5.74, 6) is 0.263. The van der Waals surface area contributed by atoms with Crippen LogP contribution < -0.4 is 5.32 Å². The van der Waals surface area contributed by atoms with Crippen molar-refractivity contribution in [3.63, 3.8) is 0 Å². The van der Waals surface area contributed by atoms with Crippen LogP contribution in [-0.4, -0.2) is 86.6 Å². The Labute approximate surface area is 123 Å². The van der Waals surface area contributed by atoms with E-state index in [0.717, 1.165) is 32.5 Å². The number of carbonyl (C=O) groups is 1. The van der Waals surface area contributed by atoms with Crippen LogP contribution in [0.5, 0.6) is 0 Å². The molecule has 1 N–H and O–H groups in total. The zero-order valence-electron chi connectivity index (χ0n) is 13.3. The minimum atomic E-state index is 0.0636. The van der Waals surface area contributed by atoms with E-state index in [9.17, 15) is 4.79 Å². The highest BCUT2D eigenvalue weighted by molar-refractivity contribution is 5.81. The molecule has 116 valence electrons. The standard InChI is InChI=1S/C15H30N4O/c1-17-9-6-13(7-10-17)18(2)11-12-19(3)15(20)14-5-4-8-16-14/h13-14,16H,4-12H2,1-3H3/t14-/m0/s1. The molecule has 0 radical (unpaired) electrons. The Bertz CT molecular complexity index is 309. The fourth-order valence-corrected chi connectivity index (χ4v) is 3.20. The summed E-state index contributed by atoms with van der Waals surface area (Å²) in [5, 5.41) is 3.28. The Morgan fingerprint density at radius 1 is 1.20 bits per heavy atom. The highest BCUT2D eigenvalue weighted by Gasteiger charge is 2.25. The first kappa shape index (κ1) is 15.7. The molecule has 2 fully saturated rings. The van der Waals surface area contributed by atoms with Crippen LogP contribution in [0.2, 0.25) is 0 Å². The minimum absolute atomic E-state index is 0.0636. The molecule has 5 nitrogen and oxygen atoms in total. The second kappa shape index (κ2) is 7.38. The van der Waals surface area contributed by atoms with E-state index >= 15 is 0 Å². The summed E-state index contributed by atoms with van der Waals surface area (Å²) in [5.41, 5.74) is 0. The zero-order valence-corrected chi connectivity index (χ0v) is 13.3. The molecular formula is C15H30N4O. The number of piperidine rings is 1. The molecule has 0 aliphatic carbocycles. The lowest BCUT2D eigenvalue weighted by molar-refractivity contribution is -0.132. The van der Waals surface area contributed by atoms with Crippen molar-refractivity contribution < 1.29 is 4.79 Å². The number of likely N-dealkylation sites (tertiary alicyclic amines) is 1. The van der Waals surface area contributed by atoms with E-state index in [1.165, 1.54) is 25.9 Å². The molecule has 0 aromatic carbocycles. The van der Waals surface area contributed by atoms with Crippen molar-refractivity contribution in [3.05, 3.63) is 0 Å². The third-order valence-electron chi connectivity index (χ3n) is 4.83. The lowest BCUT2D eigenvalue weighted by Crippen LogP contribution is -2.47. The number of nitrogens with zero attached hydrogens (tertiary/aromatic N) is 3. The number of amides is 1. The van der Waals surface area contributed by atoms with Crippen LogP contribution in [0.3, 0.4) is 0 Å². The molecule has 2 aliphatic heterocycles. The Morgan fingerprint density at radius 2 is 1.90 bits per heavy atom. The van der Waals surface area contributed by atoms with Gasteiger partial charge in [-0.1, -0.05) is 0 Å².